The van der Waals surface area contributed by atoms with Crippen LogP contribution in [0.25, 0.3) is 22.6 Å². The number of carbonyl (C=O) groups excluding carboxylic acids is 1. The normalized spacial score (nSPS) is 13.3. The van der Waals surface area contributed by atoms with Crippen molar-refractivity contribution in [2.75, 3.05) is 20.2 Å². The molecule has 0 saturated carbocycles. The summed E-state index contributed by atoms with van der Waals surface area (Å²) in [5, 5.41) is 0. The Morgan fingerprint density at radius 2 is 2.00 bits per heavy atom. The van der Waals surface area contributed by atoms with E-state index in [9.17, 15) is 9.59 Å². The van der Waals surface area contributed by atoms with Gasteiger partial charge in [-0.25, -0.2) is 15.0 Å². The highest BCUT2D eigenvalue weighted by atomic mass is 16.5. The van der Waals surface area contributed by atoms with E-state index in [2.05, 4.69) is 19.9 Å². The first-order valence-electron chi connectivity index (χ1n) is 9.23. The van der Waals surface area contributed by atoms with Crippen LogP contribution < -0.4 is 10.3 Å². The van der Waals surface area contributed by atoms with E-state index < -0.39 is 0 Å². The molecule has 0 spiro atoms. The fourth-order valence-corrected chi connectivity index (χ4v) is 3.09. The van der Waals surface area contributed by atoms with Crippen molar-refractivity contribution in [1.82, 2.24) is 29.4 Å². The van der Waals surface area contributed by atoms with E-state index in [-0.39, 0.29) is 5.56 Å². The van der Waals surface area contributed by atoms with Crippen molar-refractivity contribution in [3.05, 3.63) is 35.0 Å². The van der Waals surface area contributed by atoms with Crippen LogP contribution in [0, 0.1) is 0 Å². The zero-order chi connectivity index (χ0) is 20.1. The van der Waals surface area contributed by atoms with Gasteiger partial charge in [-0.1, -0.05) is 6.92 Å². The van der Waals surface area contributed by atoms with Crippen molar-refractivity contribution < 1.29 is 9.53 Å². The monoisotopic (exact) mass is 384 g/mol. The minimum Gasteiger partial charge on any atom is -0.481 e. The van der Waals surface area contributed by atoms with Crippen LogP contribution in [0.3, 0.4) is 0 Å². The van der Waals surface area contributed by atoms with Gasteiger partial charge in [-0.05, 0) is 18.9 Å². The zero-order valence-electron chi connectivity index (χ0n) is 16.3. The molecule has 3 aromatic heterocycles. The maximum atomic E-state index is 11.7. The van der Waals surface area contributed by atoms with E-state index in [0.29, 0.717) is 35.2 Å². The summed E-state index contributed by atoms with van der Waals surface area (Å²) in [6.45, 7) is 3.90. The van der Waals surface area contributed by atoms with Crippen molar-refractivity contribution in [3.63, 3.8) is 0 Å². The lowest BCUT2D eigenvalue weighted by atomic mass is 10.3. The van der Waals surface area contributed by atoms with Crippen LogP contribution >= 0.6 is 0 Å². The number of pyridine rings is 1. The number of methoxy groups -OCH3 is 1. The molecule has 9 nitrogen and oxygen atoms in total. The average Bonchev–Trinajstić information content (AvgIpc) is 3.38. The molecule has 1 saturated heterocycles. The average molecular weight is 384 g/mol. The number of hydrogen-bond donors (Lipinski definition) is 1. The molecule has 28 heavy (non-hydrogen) atoms. The van der Waals surface area contributed by atoms with Crippen molar-refractivity contribution in [2.45, 2.75) is 26.2 Å². The lowest BCUT2D eigenvalue weighted by Crippen LogP contribution is -2.26. The lowest BCUT2D eigenvalue weighted by molar-refractivity contribution is -0.129. The van der Waals surface area contributed by atoms with E-state index in [1.165, 1.54) is 19.2 Å². The maximum Gasteiger partial charge on any atom is 0.278 e. The van der Waals surface area contributed by atoms with Crippen molar-refractivity contribution in [1.29, 1.82) is 0 Å². The van der Waals surface area contributed by atoms with E-state index in [1.807, 2.05) is 17.9 Å². The van der Waals surface area contributed by atoms with Gasteiger partial charge in [0.05, 0.1) is 13.4 Å². The number of carbonyl (C=O) groups is 1. The van der Waals surface area contributed by atoms with E-state index in [0.717, 1.165) is 18.7 Å². The van der Waals surface area contributed by atoms with E-state index >= 15 is 0 Å². The first kappa shape index (κ1) is 19.5. The summed E-state index contributed by atoms with van der Waals surface area (Å²) in [4.78, 5) is 39.6. The van der Waals surface area contributed by atoms with Gasteiger partial charge in [-0.15, -0.1) is 0 Å². The number of ether oxygens (including phenoxy) is 1. The Labute approximate surface area is 162 Å². The molecular formula is C19H24N6O3. The fraction of sp³-hybridized carbons (Fsp3) is 0.421. The molecule has 148 valence electrons. The first-order valence-corrected chi connectivity index (χ1v) is 9.23. The Morgan fingerprint density at radius 3 is 2.57 bits per heavy atom. The minimum absolute atomic E-state index is 0.256. The predicted molar refractivity (Wildman–Crippen MR) is 105 cm³/mol. The number of hydrogen-bond acceptors (Lipinski definition) is 6. The van der Waals surface area contributed by atoms with Gasteiger partial charge in [0.1, 0.15) is 5.82 Å². The summed E-state index contributed by atoms with van der Waals surface area (Å²) in [7, 11) is 3.36. The predicted octanol–water partition coefficient (Wildman–Crippen LogP) is 1.75. The number of nitrogens with zero attached hydrogens (tertiary/aromatic N) is 5. The van der Waals surface area contributed by atoms with Crippen LogP contribution in [0.5, 0.6) is 5.88 Å². The second-order valence-corrected chi connectivity index (χ2v) is 6.43. The van der Waals surface area contributed by atoms with Crippen molar-refractivity contribution in [3.8, 4) is 17.3 Å². The van der Waals surface area contributed by atoms with E-state index in [4.69, 9.17) is 4.74 Å². The third kappa shape index (κ3) is 4.03. The molecule has 1 N–H and O–H groups in total. The molecule has 1 fully saturated rings. The van der Waals surface area contributed by atoms with Crippen LogP contribution in [-0.2, 0) is 11.8 Å². The molecule has 0 unspecified atom stereocenters. The summed E-state index contributed by atoms with van der Waals surface area (Å²) in [6, 6.07) is 3.58. The van der Waals surface area contributed by atoms with Gasteiger partial charge in [0.2, 0.25) is 11.8 Å². The Kier molecular flexibility index (Phi) is 6.03. The first-order chi connectivity index (χ1) is 13.5. The molecule has 0 atom stereocenters. The summed E-state index contributed by atoms with van der Waals surface area (Å²) in [5.74, 6) is 1.47. The highest BCUT2D eigenvalue weighted by Crippen LogP contribution is 2.21. The number of nitrogens with one attached hydrogen (secondary N) is 1. The molecule has 4 rings (SSSR count). The van der Waals surface area contributed by atoms with Gasteiger partial charge in [0, 0.05) is 44.4 Å². The topological polar surface area (TPSA) is 106 Å². The van der Waals surface area contributed by atoms with Crippen molar-refractivity contribution in [2.24, 2.45) is 7.05 Å². The molecule has 1 amide bonds. The SMILES string of the molecule is CCC(=O)N1CCCC1.COc1ccc(-c2nc3c(=O)[nH]cnc3n2C)cn1. The highest BCUT2D eigenvalue weighted by Gasteiger charge is 2.15. The maximum absolute atomic E-state index is 11.7. The number of fused-ring (bicyclic) bond motifs is 1. The molecule has 1 aliphatic heterocycles. The van der Waals surface area contributed by atoms with Crippen LogP contribution in [0.1, 0.15) is 26.2 Å². The third-order valence-corrected chi connectivity index (χ3v) is 4.63. The summed E-state index contributed by atoms with van der Waals surface area (Å²) in [6.07, 6.45) is 6.08. The van der Waals surface area contributed by atoms with Gasteiger partial charge in [0.25, 0.3) is 5.56 Å². The number of amides is 1. The second-order valence-electron chi connectivity index (χ2n) is 6.43. The highest BCUT2D eigenvalue weighted by molar-refractivity contribution is 5.76. The Morgan fingerprint density at radius 1 is 1.25 bits per heavy atom. The molecular weight excluding hydrogens is 360 g/mol. The summed E-state index contributed by atoms with van der Waals surface area (Å²) in [5.41, 5.74) is 1.39. The second kappa shape index (κ2) is 8.64. The fourth-order valence-electron chi connectivity index (χ4n) is 3.09. The van der Waals surface area contributed by atoms with Crippen LogP contribution in [0.2, 0.25) is 0 Å². The lowest BCUT2D eigenvalue weighted by Gasteiger charge is -2.12. The Hall–Kier alpha value is -3.23. The number of likely N-dealkylation sites (tertiary alicyclic amines) is 1. The Bertz CT molecular complexity index is 1000. The van der Waals surface area contributed by atoms with Crippen LogP contribution in [0.15, 0.2) is 29.5 Å². The van der Waals surface area contributed by atoms with Crippen molar-refractivity contribution >= 4 is 17.1 Å². The number of rotatable bonds is 3. The van der Waals surface area contributed by atoms with Gasteiger partial charge in [-0.3, -0.25) is 9.59 Å². The van der Waals surface area contributed by atoms with Crippen LogP contribution in [-0.4, -0.2) is 55.5 Å². The summed E-state index contributed by atoms with van der Waals surface area (Å²) >= 11 is 0. The molecule has 0 aliphatic carbocycles. The zero-order valence-corrected chi connectivity index (χ0v) is 16.3. The molecule has 0 bridgehead atoms. The molecule has 0 radical (unpaired) electrons. The van der Waals surface area contributed by atoms with Gasteiger partial charge < -0.3 is 19.2 Å². The number of H-pyrrole nitrogens is 1. The van der Waals surface area contributed by atoms with Gasteiger partial charge in [-0.2, -0.15) is 0 Å². The molecule has 0 aromatic carbocycles. The largest absolute Gasteiger partial charge is 0.481 e. The van der Waals surface area contributed by atoms with Gasteiger partial charge in [0.15, 0.2) is 11.2 Å². The van der Waals surface area contributed by atoms with Gasteiger partial charge >= 0.3 is 0 Å². The third-order valence-electron chi connectivity index (χ3n) is 4.63. The number of aromatic amines is 1. The quantitative estimate of drug-likeness (QED) is 0.737. The molecule has 9 heteroatoms. The summed E-state index contributed by atoms with van der Waals surface area (Å²) < 4.78 is 6.77. The van der Waals surface area contributed by atoms with E-state index in [1.54, 1.807) is 31.0 Å². The minimum atomic E-state index is -0.256. The standard InChI is InChI=1S/C12H11N5O2.C7H13NO/c1-17-10(7-3-4-8(19-2)13-5-7)16-9-11(17)14-6-15-12(9)18;1-2-7(9)8-5-3-4-6-8/h3-6H,1-2H3,(H,14,15,18);2-6H2,1H3. The van der Waals surface area contributed by atoms with Crippen LogP contribution in [0.4, 0.5) is 0 Å². The number of imidazole rings is 1. The molecule has 1 aliphatic rings. The number of aryl methyl sites for hydroxylation is 1. The molecule has 4 heterocycles. The smallest absolute Gasteiger partial charge is 0.278 e. The Balaban J connectivity index is 0.000000211. The number of aromatic nitrogens is 5. The molecule has 3 aromatic rings.